The van der Waals surface area contributed by atoms with Crippen LogP contribution in [-0.4, -0.2) is 5.75 Å². The third-order valence-electron chi connectivity index (χ3n) is 4.44. The van der Waals surface area contributed by atoms with Crippen molar-refractivity contribution >= 4 is 12.6 Å². The fourth-order valence-corrected chi connectivity index (χ4v) is 3.19. The van der Waals surface area contributed by atoms with Crippen LogP contribution in [0.2, 0.25) is 0 Å². The van der Waals surface area contributed by atoms with E-state index >= 15 is 0 Å². The van der Waals surface area contributed by atoms with E-state index in [2.05, 4.69) is 26.5 Å². The number of rotatable bonds is 17. The van der Waals surface area contributed by atoms with Crippen LogP contribution in [0.4, 0.5) is 0 Å². The molecule has 0 bridgehead atoms. The van der Waals surface area contributed by atoms with E-state index in [1.807, 2.05) is 0 Å². The summed E-state index contributed by atoms with van der Waals surface area (Å²) in [6.45, 7) is 4.67. The first-order valence-electron chi connectivity index (χ1n) is 9.88. The molecular formula is C20H42S. The Labute approximate surface area is 141 Å². The molecule has 0 spiro atoms. The van der Waals surface area contributed by atoms with Crippen LogP contribution in [0, 0.1) is 5.92 Å². The summed E-state index contributed by atoms with van der Waals surface area (Å²) in [5.74, 6) is 1.96. The highest BCUT2D eigenvalue weighted by molar-refractivity contribution is 7.80. The molecule has 0 heterocycles. The summed E-state index contributed by atoms with van der Waals surface area (Å²) >= 11 is 4.25. The number of hydrogen-bond donors (Lipinski definition) is 1. The normalized spacial score (nSPS) is 11.4. The van der Waals surface area contributed by atoms with Gasteiger partial charge in [-0.25, -0.2) is 0 Å². The maximum atomic E-state index is 4.25. The van der Waals surface area contributed by atoms with Gasteiger partial charge in [0.25, 0.3) is 0 Å². The predicted octanol–water partition coefficient (Wildman–Crippen LogP) is 7.81. The molecule has 0 aliphatic heterocycles. The van der Waals surface area contributed by atoms with Gasteiger partial charge in [0, 0.05) is 0 Å². The van der Waals surface area contributed by atoms with E-state index in [1.54, 1.807) is 0 Å². The molecule has 0 amide bonds. The van der Waals surface area contributed by atoms with Crippen LogP contribution in [-0.2, 0) is 0 Å². The Morgan fingerprint density at radius 3 is 1.05 bits per heavy atom. The first-order chi connectivity index (χ1) is 10.3. The Kier molecular flexibility index (Phi) is 18.7. The molecule has 128 valence electrons. The maximum absolute atomic E-state index is 4.25. The highest BCUT2D eigenvalue weighted by Gasteiger charge is 1.96. The molecule has 21 heavy (non-hydrogen) atoms. The smallest absolute Gasteiger partial charge is 0.00979 e. The SMILES string of the molecule is CC(C)CCCCCCCCCCCCCCCCCS. The van der Waals surface area contributed by atoms with E-state index in [0.717, 1.165) is 11.7 Å². The van der Waals surface area contributed by atoms with E-state index < -0.39 is 0 Å². The number of unbranched alkanes of at least 4 members (excludes halogenated alkanes) is 14. The maximum Gasteiger partial charge on any atom is -0.00979 e. The Bertz CT molecular complexity index is 177. The van der Waals surface area contributed by atoms with Crippen molar-refractivity contribution in [1.82, 2.24) is 0 Å². The zero-order valence-corrected chi connectivity index (χ0v) is 15.9. The average Bonchev–Trinajstić information content (AvgIpc) is 2.46. The first-order valence-corrected chi connectivity index (χ1v) is 10.5. The Morgan fingerprint density at radius 1 is 0.476 bits per heavy atom. The van der Waals surface area contributed by atoms with Crippen LogP contribution in [0.1, 0.15) is 117 Å². The van der Waals surface area contributed by atoms with Crippen LogP contribution < -0.4 is 0 Å². The molecule has 1 heteroatoms. The quantitative estimate of drug-likeness (QED) is 0.205. The van der Waals surface area contributed by atoms with Gasteiger partial charge in [-0.05, 0) is 18.1 Å². The molecule has 0 aliphatic rings. The Balaban J connectivity index is 2.93. The van der Waals surface area contributed by atoms with E-state index in [1.165, 1.54) is 103 Å². The molecule has 0 N–H and O–H groups in total. The summed E-state index contributed by atoms with van der Waals surface area (Å²) in [6, 6.07) is 0. The fourth-order valence-electron chi connectivity index (χ4n) is 2.96. The summed E-state index contributed by atoms with van der Waals surface area (Å²) in [5.41, 5.74) is 0. The molecule has 0 aromatic rings. The average molecular weight is 315 g/mol. The van der Waals surface area contributed by atoms with Crippen molar-refractivity contribution in [3.63, 3.8) is 0 Å². The fraction of sp³-hybridized carbons (Fsp3) is 1.00. The van der Waals surface area contributed by atoms with Crippen molar-refractivity contribution in [2.75, 3.05) is 5.75 Å². The van der Waals surface area contributed by atoms with Crippen molar-refractivity contribution in [2.45, 2.75) is 117 Å². The lowest BCUT2D eigenvalue weighted by molar-refractivity contribution is 0.502. The summed E-state index contributed by atoms with van der Waals surface area (Å²) in [7, 11) is 0. The summed E-state index contributed by atoms with van der Waals surface area (Å²) in [5, 5.41) is 0. The highest BCUT2D eigenvalue weighted by atomic mass is 32.1. The molecule has 0 aliphatic carbocycles. The van der Waals surface area contributed by atoms with Crippen molar-refractivity contribution in [2.24, 2.45) is 5.92 Å². The highest BCUT2D eigenvalue weighted by Crippen LogP contribution is 2.14. The van der Waals surface area contributed by atoms with Crippen molar-refractivity contribution < 1.29 is 0 Å². The Morgan fingerprint density at radius 2 is 0.762 bits per heavy atom. The largest absolute Gasteiger partial charge is 0.179 e. The second-order valence-electron chi connectivity index (χ2n) is 7.21. The Hall–Kier alpha value is 0.350. The molecule has 0 atom stereocenters. The zero-order chi connectivity index (χ0) is 15.6. The molecule has 0 nitrogen and oxygen atoms in total. The van der Waals surface area contributed by atoms with Crippen molar-refractivity contribution in [3.05, 3.63) is 0 Å². The predicted molar refractivity (Wildman–Crippen MR) is 103 cm³/mol. The topological polar surface area (TPSA) is 0 Å². The van der Waals surface area contributed by atoms with Gasteiger partial charge in [-0.15, -0.1) is 0 Å². The minimum Gasteiger partial charge on any atom is -0.179 e. The minimum atomic E-state index is 0.896. The molecule has 0 aromatic heterocycles. The van der Waals surface area contributed by atoms with Crippen LogP contribution >= 0.6 is 12.6 Å². The minimum absolute atomic E-state index is 0.896. The van der Waals surface area contributed by atoms with Gasteiger partial charge < -0.3 is 0 Å². The third-order valence-corrected chi connectivity index (χ3v) is 4.76. The van der Waals surface area contributed by atoms with Crippen LogP contribution in [0.5, 0.6) is 0 Å². The van der Waals surface area contributed by atoms with Crippen LogP contribution in [0.15, 0.2) is 0 Å². The van der Waals surface area contributed by atoms with E-state index in [0.29, 0.717) is 0 Å². The molecule has 0 fully saturated rings. The van der Waals surface area contributed by atoms with Crippen molar-refractivity contribution in [3.8, 4) is 0 Å². The summed E-state index contributed by atoms with van der Waals surface area (Å²) < 4.78 is 0. The van der Waals surface area contributed by atoms with Gasteiger partial charge in [-0.3, -0.25) is 0 Å². The van der Waals surface area contributed by atoms with Gasteiger partial charge in [0.15, 0.2) is 0 Å². The lowest BCUT2D eigenvalue weighted by Crippen LogP contribution is -1.87. The third kappa shape index (κ3) is 20.4. The van der Waals surface area contributed by atoms with Gasteiger partial charge in [-0.1, -0.05) is 110 Å². The zero-order valence-electron chi connectivity index (χ0n) is 15.0. The van der Waals surface area contributed by atoms with Gasteiger partial charge in [-0.2, -0.15) is 12.6 Å². The molecule has 0 saturated heterocycles. The van der Waals surface area contributed by atoms with E-state index in [-0.39, 0.29) is 0 Å². The molecule has 0 rings (SSSR count). The lowest BCUT2D eigenvalue weighted by Gasteiger charge is -2.05. The number of thiol groups is 1. The summed E-state index contributed by atoms with van der Waals surface area (Å²) in [6.07, 6.45) is 23.2. The summed E-state index contributed by atoms with van der Waals surface area (Å²) in [4.78, 5) is 0. The van der Waals surface area contributed by atoms with Crippen LogP contribution in [0.3, 0.4) is 0 Å². The first kappa shape index (κ1) is 21.4. The standard InChI is InChI=1S/C20H42S/c1-20(2)18-16-14-12-10-8-6-4-3-5-7-9-11-13-15-17-19-21/h20-21H,3-19H2,1-2H3. The molecule has 0 saturated carbocycles. The second-order valence-corrected chi connectivity index (χ2v) is 7.66. The van der Waals surface area contributed by atoms with Crippen LogP contribution in [0.25, 0.3) is 0 Å². The van der Waals surface area contributed by atoms with Crippen molar-refractivity contribution in [1.29, 1.82) is 0 Å². The second kappa shape index (κ2) is 18.4. The lowest BCUT2D eigenvalue weighted by atomic mass is 10.0. The molecule has 0 unspecified atom stereocenters. The van der Waals surface area contributed by atoms with Gasteiger partial charge in [0.2, 0.25) is 0 Å². The van der Waals surface area contributed by atoms with E-state index in [4.69, 9.17) is 0 Å². The van der Waals surface area contributed by atoms with Gasteiger partial charge >= 0.3 is 0 Å². The van der Waals surface area contributed by atoms with Gasteiger partial charge in [0.1, 0.15) is 0 Å². The number of hydrogen-bond acceptors (Lipinski definition) is 1. The molecule has 0 aromatic carbocycles. The molecule has 0 radical (unpaired) electrons. The van der Waals surface area contributed by atoms with E-state index in [9.17, 15) is 0 Å². The molecular weight excluding hydrogens is 272 g/mol. The monoisotopic (exact) mass is 314 g/mol. The van der Waals surface area contributed by atoms with Gasteiger partial charge in [0.05, 0.1) is 0 Å².